The molecule has 1 aromatic carbocycles. The molecule has 1 aromatic heterocycles. The van der Waals surface area contributed by atoms with Gasteiger partial charge in [0.05, 0.1) is 5.69 Å². The molecule has 1 aliphatic rings. The van der Waals surface area contributed by atoms with Gasteiger partial charge in [0.15, 0.2) is 11.5 Å². The number of carboxylic acids is 1. The van der Waals surface area contributed by atoms with Gasteiger partial charge in [-0.2, -0.15) is 0 Å². The van der Waals surface area contributed by atoms with E-state index in [0.717, 1.165) is 11.4 Å². The topological polar surface area (TPSA) is 77.9 Å². The Morgan fingerprint density at radius 2 is 2.10 bits per heavy atom. The fourth-order valence-electron chi connectivity index (χ4n) is 2.04. The van der Waals surface area contributed by atoms with Crippen LogP contribution in [0.15, 0.2) is 30.3 Å². The van der Waals surface area contributed by atoms with Gasteiger partial charge in [-0.1, -0.05) is 6.07 Å². The Morgan fingerprint density at radius 1 is 1.33 bits per heavy atom. The zero-order valence-corrected chi connectivity index (χ0v) is 11.3. The van der Waals surface area contributed by atoms with E-state index >= 15 is 0 Å². The van der Waals surface area contributed by atoms with Gasteiger partial charge in [0.2, 0.25) is 6.79 Å². The fourth-order valence-corrected chi connectivity index (χ4v) is 2.04. The molecular formula is C15H13NO5. The highest BCUT2D eigenvalue weighted by atomic mass is 16.7. The Morgan fingerprint density at radius 3 is 2.81 bits per heavy atom. The van der Waals surface area contributed by atoms with Crippen LogP contribution in [0.25, 0.3) is 0 Å². The average molecular weight is 287 g/mol. The van der Waals surface area contributed by atoms with E-state index in [4.69, 9.17) is 14.2 Å². The predicted octanol–water partition coefficient (Wildman–Crippen LogP) is 2.40. The van der Waals surface area contributed by atoms with Crippen LogP contribution in [0.3, 0.4) is 0 Å². The lowest BCUT2D eigenvalue weighted by Crippen LogP contribution is -2.05. The molecule has 0 radical (unpaired) electrons. The summed E-state index contributed by atoms with van der Waals surface area (Å²) in [5.74, 6) is 0.0381. The SMILES string of the molecule is Cc1cccc(COc2cc3c(cc2C(=O)O)OCO3)n1. The van der Waals surface area contributed by atoms with Gasteiger partial charge in [0, 0.05) is 17.8 Å². The van der Waals surface area contributed by atoms with E-state index in [0.29, 0.717) is 11.5 Å². The zero-order valence-electron chi connectivity index (χ0n) is 11.3. The van der Waals surface area contributed by atoms with Crippen LogP contribution in [0.2, 0.25) is 0 Å². The number of rotatable bonds is 4. The van der Waals surface area contributed by atoms with Gasteiger partial charge in [0.25, 0.3) is 0 Å². The largest absolute Gasteiger partial charge is 0.486 e. The monoisotopic (exact) mass is 287 g/mol. The van der Waals surface area contributed by atoms with Crippen LogP contribution in [0.5, 0.6) is 17.2 Å². The second-order valence-electron chi connectivity index (χ2n) is 4.57. The molecule has 0 saturated heterocycles. The van der Waals surface area contributed by atoms with Crippen LogP contribution in [0, 0.1) is 6.92 Å². The molecule has 0 aliphatic carbocycles. The molecular weight excluding hydrogens is 274 g/mol. The number of carboxylic acid groups (broad SMARTS) is 1. The quantitative estimate of drug-likeness (QED) is 0.930. The van der Waals surface area contributed by atoms with Crippen molar-refractivity contribution >= 4 is 5.97 Å². The maximum atomic E-state index is 11.3. The zero-order chi connectivity index (χ0) is 14.8. The van der Waals surface area contributed by atoms with E-state index in [1.165, 1.54) is 12.1 Å². The van der Waals surface area contributed by atoms with Gasteiger partial charge in [-0.05, 0) is 19.1 Å². The van der Waals surface area contributed by atoms with Crippen molar-refractivity contribution < 1.29 is 24.1 Å². The van der Waals surface area contributed by atoms with Crippen LogP contribution >= 0.6 is 0 Å². The minimum Gasteiger partial charge on any atom is -0.486 e. The Hall–Kier alpha value is -2.76. The van der Waals surface area contributed by atoms with Crippen molar-refractivity contribution in [2.75, 3.05) is 6.79 Å². The molecule has 1 N–H and O–H groups in total. The molecule has 2 heterocycles. The number of aromatic carboxylic acids is 1. The summed E-state index contributed by atoms with van der Waals surface area (Å²) in [5, 5.41) is 9.25. The first-order chi connectivity index (χ1) is 10.1. The Labute approximate surface area is 120 Å². The standard InChI is InChI=1S/C15H13NO5/c1-9-3-2-4-10(16-9)7-19-12-6-14-13(20-8-21-14)5-11(12)15(17)18/h2-6H,7-8H2,1H3,(H,17,18). The molecule has 21 heavy (non-hydrogen) atoms. The van der Waals surface area contributed by atoms with E-state index < -0.39 is 5.97 Å². The van der Waals surface area contributed by atoms with Crippen molar-refractivity contribution in [2.45, 2.75) is 13.5 Å². The van der Waals surface area contributed by atoms with Crippen LogP contribution in [0.1, 0.15) is 21.7 Å². The van der Waals surface area contributed by atoms with Gasteiger partial charge in [-0.25, -0.2) is 4.79 Å². The number of aromatic nitrogens is 1. The molecule has 0 spiro atoms. The van der Waals surface area contributed by atoms with Gasteiger partial charge >= 0.3 is 5.97 Å². The van der Waals surface area contributed by atoms with Crippen molar-refractivity contribution in [3.8, 4) is 17.2 Å². The fraction of sp³-hybridized carbons (Fsp3) is 0.200. The summed E-state index contributed by atoms with van der Waals surface area (Å²) in [6, 6.07) is 8.51. The molecule has 0 unspecified atom stereocenters. The maximum absolute atomic E-state index is 11.3. The smallest absolute Gasteiger partial charge is 0.339 e. The molecule has 0 saturated carbocycles. The van der Waals surface area contributed by atoms with Gasteiger partial charge in [0.1, 0.15) is 17.9 Å². The summed E-state index contributed by atoms with van der Waals surface area (Å²) < 4.78 is 16.0. The first-order valence-electron chi connectivity index (χ1n) is 6.36. The second-order valence-corrected chi connectivity index (χ2v) is 4.57. The van der Waals surface area contributed by atoms with Crippen LogP contribution < -0.4 is 14.2 Å². The summed E-state index contributed by atoms with van der Waals surface area (Å²) in [7, 11) is 0. The van der Waals surface area contributed by atoms with Crippen molar-refractivity contribution in [3.63, 3.8) is 0 Å². The highest BCUT2D eigenvalue weighted by molar-refractivity contribution is 5.92. The lowest BCUT2D eigenvalue weighted by Gasteiger charge is -2.10. The third-order valence-electron chi connectivity index (χ3n) is 3.03. The van der Waals surface area contributed by atoms with E-state index in [9.17, 15) is 9.90 Å². The lowest BCUT2D eigenvalue weighted by molar-refractivity contribution is 0.0691. The first-order valence-corrected chi connectivity index (χ1v) is 6.36. The van der Waals surface area contributed by atoms with Crippen LogP contribution in [-0.4, -0.2) is 22.9 Å². The number of fused-ring (bicyclic) bond motifs is 1. The van der Waals surface area contributed by atoms with E-state index in [-0.39, 0.29) is 24.7 Å². The van der Waals surface area contributed by atoms with Crippen LogP contribution in [-0.2, 0) is 6.61 Å². The van der Waals surface area contributed by atoms with E-state index in [1.54, 1.807) is 0 Å². The Kier molecular flexibility index (Phi) is 3.35. The predicted molar refractivity (Wildman–Crippen MR) is 72.8 cm³/mol. The number of benzene rings is 1. The molecule has 1 aliphatic heterocycles. The normalized spacial score (nSPS) is 12.2. The highest BCUT2D eigenvalue weighted by Crippen LogP contribution is 2.38. The van der Waals surface area contributed by atoms with Crippen molar-refractivity contribution in [2.24, 2.45) is 0 Å². The van der Waals surface area contributed by atoms with Crippen molar-refractivity contribution in [1.82, 2.24) is 4.98 Å². The van der Waals surface area contributed by atoms with Gasteiger partial charge in [-0.3, -0.25) is 4.98 Å². The summed E-state index contributed by atoms with van der Waals surface area (Å²) >= 11 is 0. The third kappa shape index (κ3) is 2.74. The maximum Gasteiger partial charge on any atom is 0.339 e. The summed E-state index contributed by atoms with van der Waals surface area (Å²) in [4.78, 5) is 15.6. The summed E-state index contributed by atoms with van der Waals surface area (Å²) in [6.07, 6.45) is 0. The van der Waals surface area contributed by atoms with E-state index in [1.807, 2.05) is 25.1 Å². The number of hydrogen-bond acceptors (Lipinski definition) is 5. The summed E-state index contributed by atoms with van der Waals surface area (Å²) in [5.41, 5.74) is 1.64. The second kappa shape index (κ2) is 5.32. The number of aryl methyl sites for hydroxylation is 1. The van der Waals surface area contributed by atoms with Gasteiger partial charge in [-0.15, -0.1) is 0 Å². The number of nitrogens with zero attached hydrogens (tertiary/aromatic N) is 1. The minimum absolute atomic E-state index is 0.0342. The molecule has 0 amide bonds. The molecule has 6 nitrogen and oxygen atoms in total. The van der Waals surface area contributed by atoms with E-state index in [2.05, 4.69) is 4.98 Å². The molecule has 2 aromatic rings. The first kappa shape index (κ1) is 13.2. The lowest BCUT2D eigenvalue weighted by atomic mass is 10.2. The molecule has 3 rings (SSSR count). The average Bonchev–Trinajstić information content (AvgIpc) is 2.91. The molecule has 0 fully saturated rings. The number of hydrogen-bond donors (Lipinski definition) is 1. The third-order valence-corrected chi connectivity index (χ3v) is 3.03. The highest BCUT2D eigenvalue weighted by Gasteiger charge is 2.21. The number of carbonyl (C=O) groups is 1. The Balaban J connectivity index is 1.86. The van der Waals surface area contributed by atoms with Gasteiger partial charge < -0.3 is 19.3 Å². The minimum atomic E-state index is -1.08. The van der Waals surface area contributed by atoms with Crippen molar-refractivity contribution in [1.29, 1.82) is 0 Å². The molecule has 0 bridgehead atoms. The van der Waals surface area contributed by atoms with Crippen molar-refractivity contribution in [3.05, 3.63) is 47.3 Å². The van der Waals surface area contributed by atoms with Crippen LogP contribution in [0.4, 0.5) is 0 Å². The number of ether oxygens (including phenoxy) is 3. The summed E-state index contributed by atoms with van der Waals surface area (Å²) in [6.45, 7) is 2.14. The number of pyridine rings is 1. The molecule has 6 heteroatoms. The Bertz CT molecular complexity index is 698. The molecule has 108 valence electrons. The molecule has 0 atom stereocenters.